The van der Waals surface area contributed by atoms with Gasteiger partial charge in [0.2, 0.25) is 0 Å². The number of Topliss-reactive ketones (excluding diaryl/α,β-unsaturated/α-hetero) is 1. The van der Waals surface area contributed by atoms with Gasteiger partial charge in [-0.3, -0.25) is 9.59 Å². The molecule has 1 heterocycles. The van der Waals surface area contributed by atoms with Gasteiger partial charge in [0.25, 0.3) is 0 Å². The number of carbonyl (C=O) groups is 2. The largest absolute Gasteiger partial charge is 0.508 e. The van der Waals surface area contributed by atoms with Gasteiger partial charge in [-0.25, -0.2) is 0 Å². The maximum absolute atomic E-state index is 12.6. The van der Waals surface area contributed by atoms with Crippen molar-refractivity contribution in [2.45, 2.75) is 64.0 Å². The van der Waals surface area contributed by atoms with Crippen molar-refractivity contribution in [1.29, 1.82) is 0 Å². The van der Waals surface area contributed by atoms with Crippen molar-refractivity contribution < 1.29 is 19.4 Å². The molecule has 1 N–H and O–H groups in total. The second-order valence-corrected chi connectivity index (χ2v) is 10.2. The number of ketones is 1. The second kappa shape index (κ2) is 8.87. The van der Waals surface area contributed by atoms with Crippen molar-refractivity contribution in [2.24, 2.45) is 5.92 Å². The minimum absolute atomic E-state index is 0.00603. The predicted molar refractivity (Wildman–Crippen MR) is 125 cm³/mol. The van der Waals surface area contributed by atoms with Gasteiger partial charge in [0.1, 0.15) is 17.2 Å². The summed E-state index contributed by atoms with van der Waals surface area (Å²) < 4.78 is 6.23. The van der Waals surface area contributed by atoms with Gasteiger partial charge in [-0.15, -0.1) is 0 Å². The van der Waals surface area contributed by atoms with Crippen LogP contribution in [0.15, 0.2) is 24.3 Å². The summed E-state index contributed by atoms with van der Waals surface area (Å²) >= 11 is 7.85. The van der Waals surface area contributed by atoms with Crippen LogP contribution >= 0.6 is 23.4 Å². The van der Waals surface area contributed by atoms with Crippen LogP contribution < -0.4 is 4.74 Å². The molecule has 164 valence electrons. The molecule has 0 bridgehead atoms. The van der Waals surface area contributed by atoms with Crippen LogP contribution in [0, 0.1) is 5.92 Å². The molecule has 0 amide bonds. The van der Waals surface area contributed by atoms with Gasteiger partial charge < -0.3 is 9.84 Å². The Balaban J connectivity index is 1.64. The fourth-order valence-electron chi connectivity index (χ4n) is 4.60. The van der Waals surface area contributed by atoms with E-state index in [0.717, 1.165) is 36.0 Å². The zero-order chi connectivity index (χ0) is 22.3. The third-order valence-corrected chi connectivity index (χ3v) is 7.74. The van der Waals surface area contributed by atoms with Crippen molar-refractivity contribution in [3.05, 3.63) is 51.5 Å². The van der Waals surface area contributed by atoms with E-state index in [1.807, 2.05) is 32.9 Å². The normalized spacial score (nSPS) is 20.5. The summed E-state index contributed by atoms with van der Waals surface area (Å²) in [5.41, 5.74) is 4.17. The van der Waals surface area contributed by atoms with Crippen molar-refractivity contribution in [1.82, 2.24) is 0 Å². The minimum atomic E-state index is -0.467. The number of halogens is 1. The lowest BCUT2D eigenvalue weighted by atomic mass is 9.93. The van der Waals surface area contributed by atoms with E-state index in [9.17, 15) is 14.7 Å². The molecular formula is C25H27ClO4S. The Bertz CT molecular complexity index is 1050. The number of thioether (sulfide) groups is 1. The number of rotatable bonds is 6. The molecule has 1 saturated heterocycles. The van der Waals surface area contributed by atoms with Gasteiger partial charge in [0, 0.05) is 5.56 Å². The average Bonchev–Trinajstić information content (AvgIpc) is 3.31. The van der Waals surface area contributed by atoms with Crippen LogP contribution in [0.5, 0.6) is 17.2 Å². The lowest BCUT2D eigenvalue weighted by Crippen LogP contribution is -2.21. The number of benzene rings is 2. The van der Waals surface area contributed by atoms with Gasteiger partial charge in [0.15, 0.2) is 10.9 Å². The van der Waals surface area contributed by atoms with E-state index in [1.165, 1.54) is 17.3 Å². The lowest BCUT2D eigenvalue weighted by Gasteiger charge is -2.18. The van der Waals surface area contributed by atoms with E-state index in [0.29, 0.717) is 29.4 Å². The quantitative estimate of drug-likeness (QED) is 0.520. The lowest BCUT2D eigenvalue weighted by molar-refractivity contribution is -0.126. The first-order valence-electron chi connectivity index (χ1n) is 10.9. The summed E-state index contributed by atoms with van der Waals surface area (Å²) in [5, 5.41) is 10.3. The van der Waals surface area contributed by atoms with Crippen molar-refractivity contribution in [2.75, 3.05) is 0 Å². The highest BCUT2D eigenvalue weighted by molar-refractivity contribution is 8.15. The number of fused-ring (bicyclic) bond motifs is 1. The SMILES string of the molecule is CCC1C(=O)SC(Cc2cc(Cl)c(Oc3ccc(O)c(C(C)C)c3)c3c2CCC3)C1=O. The van der Waals surface area contributed by atoms with Gasteiger partial charge in [-0.2, -0.15) is 0 Å². The highest BCUT2D eigenvalue weighted by atomic mass is 35.5. The van der Waals surface area contributed by atoms with Gasteiger partial charge in [-0.05, 0) is 79.0 Å². The van der Waals surface area contributed by atoms with Gasteiger partial charge in [0.05, 0.1) is 16.2 Å². The summed E-state index contributed by atoms with van der Waals surface area (Å²) in [6.07, 6.45) is 3.90. The standard InChI is InChI=1S/C25H27ClO4S/c1-4-16-23(28)22(31-25(16)29)11-14-10-20(26)24(18-7-5-6-17(14)18)30-15-8-9-21(27)19(12-15)13(2)3/h8-10,12-13,16,22,27H,4-7,11H2,1-3H3. The summed E-state index contributed by atoms with van der Waals surface area (Å²) in [7, 11) is 0. The van der Waals surface area contributed by atoms with Crippen molar-refractivity contribution in [3.8, 4) is 17.2 Å². The van der Waals surface area contributed by atoms with Crippen LogP contribution in [-0.2, 0) is 28.9 Å². The molecule has 0 saturated carbocycles. The van der Waals surface area contributed by atoms with Gasteiger partial charge in [-0.1, -0.05) is 44.1 Å². The van der Waals surface area contributed by atoms with E-state index < -0.39 is 5.92 Å². The summed E-state index contributed by atoms with van der Waals surface area (Å²) in [5.74, 6) is 1.31. The van der Waals surface area contributed by atoms with Crippen molar-refractivity contribution in [3.63, 3.8) is 0 Å². The molecule has 1 aliphatic carbocycles. The molecule has 2 aromatic carbocycles. The third-order valence-electron chi connectivity index (χ3n) is 6.26. The maximum atomic E-state index is 12.6. The molecule has 2 aromatic rings. The molecule has 31 heavy (non-hydrogen) atoms. The van der Waals surface area contributed by atoms with Crippen LogP contribution in [0.2, 0.25) is 5.02 Å². The average molecular weight is 459 g/mol. The molecule has 0 aromatic heterocycles. The number of ether oxygens (including phenoxy) is 1. The predicted octanol–water partition coefficient (Wildman–Crippen LogP) is 6.23. The first-order valence-corrected chi connectivity index (χ1v) is 12.1. The first-order chi connectivity index (χ1) is 14.8. The molecular weight excluding hydrogens is 432 g/mol. The zero-order valence-electron chi connectivity index (χ0n) is 18.0. The first kappa shape index (κ1) is 22.2. The number of phenolic OH excluding ortho intramolecular Hbond substituents is 1. The van der Waals surface area contributed by atoms with Crippen molar-refractivity contribution >= 4 is 34.3 Å². The smallest absolute Gasteiger partial charge is 0.200 e. The van der Waals surface area contributed by atoms with Crippen LogP contribution in [-0.4, -0.2) is 21.3 Å². The zero-order valence-corrected chi connectivity index (χ0v) is 19.6. The monoisotopic (exact) mass is 458 g/mol. The molecule has 4 nitrogen and oxygen atoms in total. The Kier molecular flexibility index (Phi) is 6.36. The summed E-state index contributed by atoms with van der Waals surface area (Å²) in [4.78, 5) is 24.8. The molecule has 6 heteroatoms. The Morgan fingerprint density at radius 2 is 1.94 bits per heavy atom. The molecule has 2 unspecified atom stereocenters. The molecule has 1 aliphatic heterocycles. The summed E-state index contributed by atoms with van der Waals surface area (Å²) in [6.45, 7) is 5.93. The highest BCUT2D eigenvalue weighted by Gasteiger charge is 2.41. The highest BCUT2D eigenvalue weighted by Crippen LogP contribution is 2.44. The van der Waals surface area contributed by atoms with E-state index >= 15 is 0 Å². The number of carbonyl (C=O) groups excluding carboxylic acids is 2. The van der Waals surface area contributed by atoms with E-state index in [4.69, 9.17) is 16.3 Å². The maximum Gasteiger partial charge on any atom is 0.200 e. The fourth-order valence-corrected chi connectivity index (χ4v) is 6.15. The molecule has 2 atom stereocenters. The van der Waals surface area contributed by atoms with Gasteiger partial charge >= 0.3 is 0 Å². The van der Waals surface area contributed by atoms with Crippen LogP contribution in [0.3, 0.4) is 0 Å². The number of phenols is 1. The molecule has 2 aliphatic rings. The van der Waals surface area contributed by atoms with E-state index in [-0.39, 0.29) is 27.8 Å². The minimum Gasteiger partial charge on any atom is -0.508 e. The third kappa shape index (κ3) is 4.22. The van der Waals surface area contributed by atoms with E-state index in [2.05, 4.69) is 0 Å². The van der Waals surface area contributed by atoms with Crippen LogP contribution in [0.4, 0.5) is 0 Å². The van der Waals surface area contributed by atoms with Crippen LogP contribution in [0.1, 0.15) is 61.8 Å². The topological polar surface area (TPSA) is 63.6 Å². The molecule has 0 radical (unpaired) electrons. The fraction of sp³-hybridized carbons (Fsp3) is 0.440. The Morgan fingerprint density at radius 1 is 1.19 bits per heavy atom. The van der Waals surface area contributed by atoms with Crippen LogP contribution in [0.25, 0.3) is 0 Å². The Morgan fingerprint density at radius 3 is 2.61 bits per heavy atom. The summed E-state index contributed by atoms with van der Waals surface area (Å²) in [6, 6.07) is 7.16. The van der Waals surface area contributed by atoms with E-state index in [1.54, 1.807) is 12.1 Å². The number of aromatic hydroxyl groups is 1. The molecule has 4 rings (SSSR count). The number of hydrogen-bond donors (Lipinski definition) is 1. The Labute approximate surface area is 192 Å². The molecule has 1 fully saturated rings. The Hall–Kier alpha value is -1.98. The number of hydrogen-bond acceptors (Lipinski definition) is 5. The second-order valence-electron chi connectivity index (χ2n) is 8.63. The molecule has 0 spiro atoms.